The van der Waals surface area contributed by atoms with Gasteiger partial charge in [-0.3, -0.25) is 20.2 Å². The maximum absolute atomic E-state index is 12.7. The number of aromatic amines is 2. The molecule has 9 nitrogen and oxygen atoms in total. The average Bonchev–Trinajstić information content (AvgIpc) is 3.59. The standard InChI is InChI=1S/C23H17N7O2S/c31-20(29-22-24-10-11-25-22)16-4-2-5-17-19(16)28-23(27-17)30-21(32)18-6-1-3-15(26-18)8-7-14-9-12-33-13-14/h1-6,10-11,13H,9,12H2,(H2,24,25,29,31)(H2,27,28,30,32). The number of carbonyl (C=O) groups excluding carboxylic acids is 2. The molecule has 0 saturated heterocycles. The molecule has 2 amide bonds. The number of carbonyl (C=O) groups is 2. The van der Waals surface area contributed by atoms with Crippen molar-refractivity contribution in [1.82, 2.24) is 24.9 Å². The number of aromatic nitrogens is 5. The number of rotatable bonds is 4. The minimum atomic E-state index is -0.435. The van der Waals surface area contributed by atoms with Crippen molar-refractivity contribution in [1.29, 1.82) is 0 Å². The Balaban J connectivity index is 1.34. The number of nitrogens with zero attached hydrogens (tertiary/aromatic N) is 3. The molecule has 1 aliphatic rings. The zero-order chi connectivity index (χ0) is 22.6. The molecule has 0 unspecified atom stereocenters. The fraction of sp³-hybridized carbons (Fsp3) is 0.0870. The molecule has 4 N–H and O–H groups in total. The summed E-state index contributed by atoms with van der Waals surface area (Å²) in [6.45, 7) is 0. The van der Waals surface area contributed by atoms with Gasteiger partial charge in [0.15, 0.2) is 0 Å². The van der Waals surface area contributed by atoms with Gasteiger partial charge >= 0.3 is 0 Å². The maximum atomic E-state index is 12.7. The normalized spacial score (nSPS) is 12.7. The molecule has 0 spiro atoms. The van der Waals surface area contributed by atoms with Gasteiger partial charge in [-0.15, -0.1) is 11.8 Å². The Morgan fingerprint density at radius 1 is 1.00 bits per heavy atom. The molecule has 3 aromatic heterocycles. The summed E-state index contributed by atoms with van der Waals surface area (Å²) < 4.78 is 0. The number of imidazole rings is 2. The lowest BCUT2D eigenvalue weighted by molar-refractivity contribution is 0.101. The van der Waals surface area contributed by atoms with Gasteiger partial charge in [0.2, 0.25) is 11.9 Å². The quantitative estimate of drug-likeness (QED) is 0.348. The van der Waals surface area contributed by atoms with E-state index in [-0.39, 0.29) is 17.5 Å². The zero-order valence-electron chi connectivity index (χ0n) is 17.2. The smallest absolute Gasteiger partial charge is 0.276 e. The number of nitrogens with one attached hydrogen (secondary N) is 4. The van der Waals surface area contributed by atoms with Gasteiger partial charge in [-0.05, 0) is 42.0 Å². The van der Waals surface area contributed by atoms with Gasteiger partial charge in [-0.2, -0.15) is 0 Å². The molecule has 33 heavy (non-hydrogen) atoms. The van der Waals surface area contributed by atoms with E-state index in [2.05, 4.69) is 47.4 Å². The predicted molar refractivity (Wildman–Crippen MR) is 127 cm³/mol. The fourth-order valence-electron chi connectivity index (χ4n) is 3.21. The van der Waals surface area contributed by atoms with Crippen LogP contribution in [-0.4, -0.2) is 42.5 Å². The van der Waals surface area contributed by atoms with Gasteiger partial charge in [-0.25, -0.2) is 15.0 Å². The number of amides is 2. The first kappa shape index (κ1) is 20.5. The van der Waals surface area contributed by atoms with Gasteiger partial charge < -0.3 is 9.97 Å². The van der Waals surface area contributed by atoms with Crippen molar-refractivity contribution < 1.29 is 9.59 Å². The Morgan fingerprint density at radius 2 is 1.88 bits per heavy atom. The van der Waals surface area contributed by atoms with Crippen LogP contribution in [0, 0.1) is 11.8 Å². The van der Waals surface area contributed by atoms with Crippen molar-refractivity contribution in [3.63, 3.8) is 0 Å². The molecule has 0 saturated carbocycles. The summed E-state index contributed by atoms with van der Waals surface area (Å²) in [5.74, 6) is 6.88. The lowest BCUT2D eigenvalue weighted by Gasteiger charge is -2.02. The van der Waals surface area contributed by atoms with Crippen molar-refractivity contribution in [3.05, 3.63) is 76.7 Å². The summed E-state index contributed by atoms with van der Waals surface area (Å²) in [5.41, 5.74) is 3.18. The van der Waals surface area contributed by atoms with Crippen LogP contribution in [0.15, 0.2) is 59.8 Å². The van der Waals surface area contributed by atoms with Crippen molar-refractivity contribution in [2.24, 2.45) is 0 Å². The van der Waals surface area contributed by atoms with E-state index in [1.807, 2.05) is 5.41 Å². The number of thioether (sulfide) groups is 1. The van der Waals surface area contributed by atoms with Crippen LogP contribution in [0.1, 0.15) is 33.0 Å². The summed E-state index contributed by atoms with van der Waals surface area (Å²) in [6, 6.07) is 10.2. The molecule has 4 aromatic rings. The minimum Gasteiger partial charge on any atom is -0.331 e. The van der Waals surface area contributed by atoms with Crippen molar-refractivity contribution in [2.45, 2.75) is 6.42 Å². The third kappa shape index (κ3) is 4.63. The molecule has 1 aliphatic heterocycles. The third-order valence-corrected chi connectivity index (χ3v) is 5.66. The first-order valence-corrected chi connectivity index (χ1v) is 11.1. The largest absolute Gasteiger partial charge is 0.331 e. The number of allylic oxidation sites excluding steroid dienone is 1. The number of anilines is 2. The molecule has 0 atom stereocenters. The summed E-state index contributed by atoms with van der Waals surface area (Å²) in [5, 5.41) is 7.42. The molecule has 162 valence electrons. The number of fused-ring (bicyclic) bond motifs is 1. The SMILES string of the molecule is O=C(Nc1nc2c(C(=O)Nc3ncc[nH]3)cccc2[nH]1)c1cccc(C#CC2=CSCC2)n1. The van der Waals surface area contributed by atoms with E-state index in [4.69, 9.17) is 0 Å². The van der Waals surface area contributed by atoms with E-state index in [0.29, 0.717) is 28.2 Å². The molecular formula is C23H17N7O2S. The van der Waals surface area contributed by atoms with Crippen LogP contribution in [-0.2, 0) is 0 Å². The van der Waals surface area contributed by atoms with E-state index in [1.165, 1.54) is 6.20 Å². The summed E-state index contributed by atoms with van der Waals surface area (Å²) >= 11 is 1.74. The van der Waals surface area contributed by atoms with Gasteiger partial charge in [0.05, 0.1) is 11.1 Å². The van der Waals surface area contributed by atoms with E-state index in [0.717, 1.165) is 17.7 Å². The zero-order valence-corrected chi connectivity index (χ0v) is 18.0. The molecule has 10 heteroatoms. The summed E-state index contributed by atoms with van der Waals surface area (Å²) in [4.78, 5) is 43.9. The molecule has 0 aliphatic carbocycles. The van der Waals surface area contributed by atoms with Gasteiger partial charge in [-0.1, -0.05) is 18.1 Å². The summed E-state index contributed by atoms with van der Waals surface area (Å²) in [7, 11) is 0. The topological polar surface area (TPSA) is 128 Å². The lowest BCUT2D eigenvalue weighted by Crippen LogP contribution is -2.15. The van der Waals surface area contributed by atoms with E-state index >= 15 is 0 Å². The highest BCUT2D eigenvalue weighted by atomic mass is 32.2. The number of hydrogen-bond donors (Lipinski definition) is 4. The number of H-pyrrole nitrogens is 2. The van der Waals surface area contributed by atoms with Crippen molar-refractivity contribution >= 4 is 46.5 Å². The molecule has 1 aromatic carbocycles. The Kier molecular flexibility index (Phi) is 5.61. The monoisotopic (exact) mass is 455 g/mol. The second kappa shape index (κ2) is 9.02. The first-order chi connectivity index (χ1) is 16.2. The number of para-hydroxylation sites is 1. The Hall–Kier alpha value is -4.36. The van der Waals surface area contributed by atoms with E-state index in [1.54, 1.807) is 54.4 Å². The first-order valence-electron chi connectivity index (χ1n) is 10.1. The van der Waals surface area contributed by atoms with Crippen LogP contribution in [0.2, 0.25) is 0 Å². The Labute approximate surface area is 192 Å². The Morgan fingerprint density at radius 3 is 2.70 bits per heavy atom. The Bertz CT molecular complexity index is 1440. The highest BCUT2D eigenvalue weighted by molar-refractivity contribution is 8.02. The van der Waals surface area contributed by atoms with Crippen LogP contribution < -0.4 is 10.6 Å². The van der Waals surface area contributed by atoms with E-state index in [9.17, 15) is 9.59 Å². The van der Waals surface area contributed by atoms with Crippen LogP contribution in [0.5, 0.6) is 0 Å². The predicted octanol–water partition coefficient (Wildman–Crippen LogP) is 3.56. The van der Waals surface area contributed by atoms with Gasteiger partial charge in [0.1, 0.15) is 16.9 Å². The molecule has 4 heterocycles. The van der Waals surface area contributed by atoms with Crippen molar-refractivity contribution in [2.75, 3.05) is 16.4 Å². The number of benzene rings is 1. The minimum absolute atomic E-state index is 0.208. The molecular weight excluding hydrogens is 438 g/mol. The van der Waals surface area contributed by atoms with E-state index < -0.39 is 5.91 Å². The van der Waals surface area contributed by atoms with Crippen LogP contribution in [0.25, 0.3) is 11.0 Å². The molecule has 0 fully saturated rings. The third-order valence-electron chi connectivity index (χ3n) is 4.77. The lowest BCUT2D eigenvalue weighted by atomic mass is 10.2. The van der Waals surface area contributed by atoms with Gasteiger partial charge in [0.25, 0.3) is 11.8 Å². The van der Waals surface area contributed by atoms with Crippen LogP contribution in [0.3, 0.4) is 0 Å². The van der Waals surface area contributed by atoms with Gasteiger partial charge in [0, 0.05) is 23.7 Å². The molecule has 0 bridgehead atoms. The molecule has 0 radical (unpaired) electrons. The highest BCUT2D eigenvalue weighted by Gasteiger charge is 2.16. The number of hydrogen-bond acceptors (Lipinski definition) is 6. The second-order valence-electron chi connectivity index (χ2n) is 7.06. The summed E-state index contributed by atoms with van der Waals surface area (Å²) in [6.07, 6.45) is 4.10. The molecule has 5 rings (SSSR count). The number of pyridine rings is 1. The average molecular weight is 456 g/mol. The second-order valence-corrected chi connectivity index (χ2v) is 8.03. The van der Waals surface area contributed by atoms with Crippen LogP contribution in [0.4, 0.5) is 11.9 Å². The van der Waals surface area contributed by atoms with Crippen molar-refractivity contribution in [3.8, 4) is 11.8 Å². The highest BCUT2D eigenvalue weighted by Crippen LogP contribution is 2.21. The fourth-order valence-corrected chi connectivity index (χ4v) is 4.04. The maximum Gasteiger partial charge on any atom is 0.276 e. The van der Waals surface area contributed by atoms with Crippen LogP contribution >= 0.6 is 11.8 Å².